The lowest BCUT2D eigenvalue weighted by atomic mass is 10.2. The summed E-state index contributed by atoms with van der Waals surface area (Å²) < 4.78 is 10.3. The summed E-state index contributed by atoms with van der Waals surface area (Å²) in [6.45, 7) is 0. The Labute approximate surface area is 173 Å². The summed E-state index contributed by atoms with van der Waals surface area (Å²) in [5, 5.41) is 7.61. The Kier molecular flexibility index (Phi) is 6.73. The zero-order chi connectivity index (χ0) is 21.3. The predicted molar refractivity (Wildman–Crippen MR) is 110 cm³/mol. The number of rotatable bonds is 7. The molecule has 0 aliphatic heterocycles. The van der Waals surface area contributed by atoms with Crippen molar-refractivity contribution >= 4 is 23.3 Å². The molecule has 3 rings (SSSR count). The van der Waals surface area contributed by atoms with E-state index < -0.39 is 11.9 Å². The van der Waals surface area contributed by atoms with Crippen LogP contribution in [0.3, 0.4) is 0 Å². The Balaban J connectivity index is 1.57. The van der Waals surface area contributed by atoms with Crippen molar-refractivity contribution < 1.29 is 23.9 Å². The van der Waals surface area contributed by atoms with E-state index >= 15 is 0 Å². The molecule has 0 aromatic heterocycles. The number of benzene rings is 3. The van der Waals surface area contributed by atoms with Crippen LogP contribution in [0.4, 0.5) is 11.4 Å². The van der Waals surface area contributed by atoms with Crippen LogP contribution in [-0.4, -0.2) is 26.1 Å². The average molecular weight is 405 g/mol. The van der Waals surface area contributed by atoms with Crippen molar-refractivity contribution in [2.24, 2.45) is 10.2 Å². The van der Waals surface area contributed by atoms with Crippen LogP contribution in [0, 0.1) is 0 Å². The Hall–Kier alpha value is -4.20. The zero-order valence-electron chi connectivity index (χ0n) is 16.4. The molecular weight excluding hydrogens is 386 g/mol. The smallest absolute Gasteiger partial charge is 0.362 e. The van der Waals surface area contributed by atoms with Crippen LogP contribution in [0.5, 0.6) is 11.5 Å². The van der Waals surface area contributed by atoms with Gasteiger partial charge in [-0.15, -0.1) is 10.2 Å². The van der Waals surface area contributed by atoms with Crippen LogP contribution in [0.1, 0.15) is 20.7 Å². The summed E-state index contributed by atoms with van der Waals surface area (Å²) in [5.41, 5.74) is 4.33. The van der Waals surface area contributed by atoms with Crippen LogP contribution in [0.25, 0.3) is 0 Å². The number of azo groups is 1. The molecule has 0 saturated carbocycles. The van der Waals surface area contributed by atoms with Gasteiger partial charge in [0.1, 0.15) is 0 Å². The summed E-state index contributed by atoms with van der Waals surface area (Å²) in [7, 11) is 3.00. The van der Waals surface area contributed by atoms with Crippen molar-refractivity contribution in [2.75, 3.05) is 19.7 Å². The molecule has 0 heterocycles. The fourth-order valence-corrected chi connectivity index (χ4v) is 2.47. The number of methoxy groups -OCH3 is 2. The second-order valence-corrected chi connectivity index (χ2v) is 5.98. The molecule has 0 bridgehead atoms. The highest BCUT2D eigenvalue weighted by atomic mass is 16.7. The minimum absolute atomic E-state index is 0.296. The second kappa shape index (κ2) is 9.83. The van der Waals surface area contributed by atoms with Gasteiger partial charge in [0.05, 0.1) is 31.2 Å². The Morgan fingerprint density at radius 2 is 1.50 bits per heavy atom. The molecule has 3 aromatic carbocycles. The largest absolute Gasteiger partial charge is 0.493 e. The van der Waals surface area contributed by atoms with Gasteiger partial charge in [0.25, 0.3) is 5.91 Å². The van der Waals surface area contributed by atoms with Gasteiger partial charge in [-0.25, -0.2) is 10.3 Å². The maximum Gasteiger partial charge on any atom is 0.362 e. The molecule has 0 aliphatic rings. The summed E-state index contributed by atoms with van der Waals surface area (Å²) >= 11 is 0. The number of nitrogens with one attached hydrogen (secondary N) is 1. The fraction of sp³-hybridized carbons (Fsp3) is 0.0909. The van der Waals surface area contributed by atoms with Gasteiger partial charge in [-0.1, -0.05) is 18.2 Å². The van der Waals surface area contributed by atoms with Gasteiger partial charge < -0.3 is 14.3 Å². The fourth-order valence-electron chi connectivity index (χ4n) is 2.47. The van der Waals surface area contributed by atoms with Crippen LogP contribution in [0.2, 0.25) is 0 Å². The second-order valence-electron chi connectivity index (χ2n) is 5.98. The Bertz CT molecular complexity index is 1050. The van der Waals surface area contributed by atoms with Crippen LogP contribution in [-0.2, 0) is 4.84 Å². The third-order valence-electron chi connectivity index (χ3n) is 4.03. The molecule has 0 saturated heterocycles. The van der Waals surface area contributed by atoms with E-state index in [4.69, 9.17) is 14.3 Å². The van der Waals surface area contributed by atoms with Crippen LogP contribution in [0.15, 0.2) is 83.0 Å². The van der Waals surface area contributed by atoms with E-state index in [0.717, 1.165) is 0 Å². The molecule has 0 fully saturated rings. The van der Waals surface area contributed by atoms with E-state index in [1.807, 2.05) is 6.07 Å². The molecule has 0 radical (unpaired) electrons. The number of hydrogen-bond acceptors (Lipinski definition) is 7. The first-order valence-electron chi connectivity index (χ1n) is 8.91. The first kappa shape index (κ1) is 20.5. The minimum atomic E-state index is -0.590. The molecule has 8 nitrogen and oxygen atoms in total. The molecule has 152 valence electrons. The van der Waals surface area contributed by atoms with Crippen molar-refractivity contribution in [3.63, 3.8) is 0 Å². The first-order chi connectivity index (χ1) is 14.6. The van der Waals surface area contributed by atoms with Crippen molar-refractivity contribution in [3.8, 4) is 11.5 Å². The first-order valence-corrected chi connectivity index (χ1v) is 8.91. The summed E-state index contributed by atoms with van der Waals surface area (Å²) in [6, 6.07) is 19.9. The van der Waals surface area contributed by atoms with Crippen LogP contribution < -0.4 is 15.0 Å². The number of ether oxygens (including phenoxy) is 2. The molecule has 1 amide bonds. The number of hydrogen-bond donors (Lipinski definition) is 1. The third kappa shape index (κ3) is 5.20. The van der Waals surface area contributed by atoms with Gasteiger partial charge in [-0.05, 0) is 54.6 Å². The monoisotopic (exact) mass is 405 g/mol. The van der Waals surface area contributed by atoms with E-state index in [9.17, 15) is 9.59 Å². The van der Waals surface area contributed by atoms with Gasteiger partial charge in [0, 0.05) is 5.56 Å². The molecule has 1 N–H and O–H groups in total. The van der Waals surface area contributed by atoms with E-state index in [-0.39, 0.29) is 0 Å². The van der Waals surface area contributed by atoms with E-state index in [2.05, 4.69) is 15.7 Å². The van der Waals surface area contributed by atoms with Gasteiger partial charge in [0.15, 0.2) is 11.5 Å². The Morgan fingerprint density at radius 1 is 0.800 bits per heavy atom. The third-order valence-corrected chi connectivity index (χ3v) is 4.03. The quantitative estimate of drug-likeness (QED) is 0.447. The molecular formula is C22H19N3O5. The lowest BCUT2D eigenvalue weighted by Gasteiger charge is -2.10. The topological polar surface area (TPSA) is 98.6 Å². The average Bonchev–Trinajstić information content (AvgIpc) is 2.81. The highest BCUT2D eigenvalue weighted by Gasteiger charge is 2.12. The maximum absolute atomic E-state index is 12.2. The SMILES string of the molecule is COc1ccc(C(=O)ONc2ccc(N=NC(=O)c3ccccc3)cc2)cc1OC. The van der Waals surface area contributed by atoms with Crippen molar-refractivity contribution in [1.29, 1.82) is 0 Å². The summed E-state index contributed by atoms with van der Waals surface area (Å²) in [4.78, 5) is 29.2. The number of nitrogens with zero attached hydrogens (tertiary/aromatic N) is 2. The number of carbonyl (C=O) groups is 2. The molecule has 3 aromatic rings. The number of amides is 1. The van der Waals surface area contributed by atoms with Crippen molar-refractivity contribution in [2.45, 2.75) is 0 Å². The predicted octanol–water partition coefficient (Wildman–Crippen LogP) is 4.81. The van der Waals surface area contributed by atoms with Gasteiger partial charge in [-0.2, -0.15) is 0 Å². The molecule has 0 unspecified atom stereocenters. The zero-order valence-corrected chi connectivity index (χ0v) is 16.4. The number of anilines is 1. The molecule has 0 spiro atoms. The van der Waals surface area contributed by atoms with Crippen molar-refractivity contribution in [1.82, 2.24) is 0 Å². The highest BCUT2D eigenvalue weighted by molar-refractivity contribution is 5.94. The lowest BCUT2D eigenvalue weighted by molar-refractivity contribution is 0.0596. The Morgan fingerprint density at radius 3 is 2.17 bits per heavy atom. The maximum atomic E-state index is 12.2. The number of carbonyl (C=O) groups excluding carboxylic acids is 2. The minimum Gasteiger partial charge on any atom is -0.493 e. The molecule has 30 heavy (non-hydrogen) atoms. The lowest BCUT2D eigenvalue weighted by Crippen LogP contribution is -2.11. The standard InChI is InChI=1S/C22H19N3O5/c1-28-19-13-8-16(14-20(19)29-2)22(27)30-25-18-11-9-17(10-12-18)23-24-21(26)15-6-4-3-5-7-15/h3-14,25H,1-2H3. The van der Waals surface area contributed by atoms with E-state index in [1.165, 1.54) is 20.3 Å². The van der Waals surface area contributed by atoms with Gasteiger partial charge in [-0.3, -0.25) is 4.79 Å². The van der Waals surface area contributed by atoms with Crippen LogP contribution >= 0.6 is 0 Å². The highest BCUT2D eigenvalue weighted by Crippen LogP contribution is 2.28. The summed E-state index contributed by atoms with van der Waals surface area (Å²) in [5.74, 6) is -0.0842. The van der Waals surface area contributed by atoms with Gasteiger partial charge >= 0.3 is 5.97 Å². The summed E-state index contributed by atoms with van der Waals surface area (Å²) in [6.07, 6.45) is 0. The van der Waals surface area contributed by atoms with Gasteiger partial charge in [0.2, 0.25) is 0 Å². The van der Waals surface area contributed by atoms with Crippen molar-refractivity contribution in [3.05, 3.63) is 83.9 Å². The molecule has 0 aliphatic carbocycles. The normalized spacial score (nSPS) is 10.5. The van der Waals surface area contributed by atoms with E-state index in [1.54, 1.807) is 60.7 Å². The van der Waals surface area contributed by atoms with E-state index in [0.29, 0.717) is 34.0 Å². The molecule has 0 atom stereocenters. The molecule has 8 heteroatoms.